The van der Waals surface area contributed by atoms with Crippen LogP contribution in [0.2, 0.25) is 0 Å². The van der Waals surface area contributed by atoms with Crippen molar-refractivity contribution in [3.8, 4) is 34.5 Å². The average Bonchev–Trinajstić information content (AvgIpc) is 3.60. The molecule has 16 nitrogen and oxygen atoms in total. The molecule has 3 aliphatic heterocycles. The Hall–Kier alpha value is -7.63. The number of aliphatic hydroxyl groups excluding tert-OH is 1. The van der Waals surface area contributed by atoms with Gasteiger partial charge >= 0.3 is 16.9 Å². The van der Waals surface area contributed by atoms with Gasteiger partial charge in [-0.2, -0.15) is 0 Å². The van der Waals surface area contributed by atoms with Crippen molar-refractivity contribution in [3.05, 3.63) is 140 Å². The van der Waals surface area contributed by atoms with E-state index in [1.165, 1.54) is 12.1 Å². The molecule has 0 aliphatic carbocycles. The molecule has 12 rings (SSSR count). The van der Waals surface area contributed by atoms with E-state index in [4.69, 9.17) is 51.5 Å². The number of phenolic OH excluding ortho intramolecular Hbond substituents is 2. The second-order valence-electron chi connectivity index (χ2n) is 19.5. The van der Waals surface area contributed by atoms with Crippen molar-refractivity contribution in [1.82, 2.24) is 0 Å². The molecule has 418 valence electrons. The van der Waals surface area contributed by atoms with Crippen molar-refractivity contribution < 1.29 is 61.7 Å². The van der Waals surface area contributed by atoms with Gasteiger partial charge in [-0.25, -0.2) is 14.4 Å². The lowest BCUT2D eigenvalue weighted by molar-refractivity contribution is -0.00535. The zero-order valence-corrected chi connectivity index (χ0v) is 44.0. The van der Waals surface area contributed by atoms with Crippen LogP contribution in [0.25, 0.3) is 65.2 Å². The minimum atomic E-state index is -0.459. The molecular formula is C63H70O16. The van der Waals surface area contributed by atoms with Gasteiger partial charge in [0.1, 0.15) is 63.5 Å². The second-order valence-corrected chi connectivity index (χ2v) is 19.5. The van der Waals surface area contributed by atoms with E-state index in [1.54, 1.807) is 48.5 Å². The fraction of sp³-hybridized carbons (Fsp3) is 0.381. The molecule has 6 aromatic carbocycles. The third-order valence-electron chi connectivity index (χ3n) is 13.5. The highest BCUT2D eigenvalue weighted by atomic mass is 16.5. The summed E-state index contributed by atoms with van der Waals surface area (Å²) in [6.07, 6.45) is 9.80. The number of benzene rings is 6. The van der Waals surface area contributed by atoms with E-state index in [0.29, 0.717) is 83.2 Å². The maximum Gasteiger partial charge on any atom is 0.344 e. The Morgan fingerprint density at radius 2 is 0.823 bits per heavy atom. The van der Waals surface area contributed by atoms with Gasteiger partial charge in [0.05, 0.1) is 55.3 Å². The van der Waals surface area contributed by atoms with E-state index >= 15 is 0 Å². The Morgan fingerprint density at radius 3 is 1.23 bits per heavy atom. The number of rotatable bonds is 12. The highest BCUT2D eigenvalue weighted by Crippen LogP contribution is 2.32. The number of aromatic hydroxyl groups is 2. The molecule has 3 fully saturated rings. The maximum absolute atomic E-state index is 12.5. The third kappa shape index (κ3) is 14.9. The van der Waals surface area contributed by atoms with Gasteiger partial charge in [0.25, 0.3) is 0 Å². The number of ether oxygens (including phenoxy) is 7. The fourth-order valence-electron chi connectivity index (χ4n) is 9.40. The van der Waals surface area contributed by atoms with E-state index < -0.39 is 11.3 Å². The zero-order chi connectivity index (χ0) is 54.4. The van der Waals surface area contributed by atoms with Crippen molar-refractivity contribution in [2.45, 2.75) is 104 Å². The normalized spacial score (nSPS) is 17.1. The van der Waals surface area contributed by atoms with Gasteiger partial charge in [0.15, 0.2) is 0 Å². The van der Waals surface area contributed by atoms with Crippen LogP contribution in [0.15, 0.2) is 137 Å². The molecule has 3 atom stereocenters. The first-order valence-corrected chi connectivity index (χ1v) is 26.9. The van der Waals surface area contributed by atoms with Crippen LogP contribution in [0.3, 0.4) is 0 Å². The molecule has 3 aromatic heterocycles. The van der Waals surface area contributed by atoms with Crippen LogP contribution >= 0.6 is 0 Å². The third-order valence-corrected chi connectivity index (χ3v) is 13.5. The monoisotopic (exact) mass is 1080 g/mol. The Balaban J connectivity index is 0.000000147. The summed E-state index contributed by atoms with van der Waals surface area (Å²) in [4.78, 5) is 36.7. The van der Waals surface area contributed by atoms with E-state index in [2.05, 4.69) is 13.8 Å². The first kappa shape index (κ1) is 57.5. The summed E-state index contributed by atoms with van der Waals surface area (Å²) >= 11 is 0. The molecule has 3 N–H and O–H groups in total. The Labute approximate surface area is 456 Å². The summed E-state index contributed by atoms with van der Waals surface area (Å²) in [7, 11) is 0. The topological polar surface area (TPSA) is 216 Å². The van der Waals surface area contributed by atoms with Crippen molar-refractivity contribution in [2.24, 2.45) is 0 Å². The molecular weight excluding hydrogens is 1010 g/mol. The van der Waals surface area contributed by atoms with Gasteiger partial charge in [-0.3, -0.25) is 0 Å². The van der Waals surface area contributed by atoms with Crippen LogP contribution in [-0.4, -0.2) is 86.5 Å². The Bertz CT molecular complexity index is 3640. The molecule has 3 unspecified atom stereocenters. The molecule has 0 bridgehead atoms. The number of phenols is 2. The summed E-state index contributed by atoms with van der Waals surface area (Å²) in [6.45, 7) is 9.63. The van der Waals surface area contributed by atoms with Crippen molar-refractivity contribution in [1.29, 1.82) is 0 Å². The molecule has 0 spiro atoms. The zero-order valence-electron chi connectivity index (χ0n) is 44.0. The molecule has 16 heteroatoms. The van der Waals surface area contributed by atoms with Gasteiger partial charge in [0, 0.05) is 70.3 Å². The Kier molecular flexibility index (Phi) is 20.2. The van der Waals surface area contributed by atoms with E-state index in [0.717, 1.165) is 122 Å². The van der Waals surface area contributed by atoms with Crippen molar-refractivity contribution in [3.63, 3.8) is 0 Å². The molecule has 0 radical (unpaired) electrons. The smallest absolute Gasteiger partial charge is 0.344 e. The predicted octanol–water partition coefficient (Wildman–Crippen LogP) is 12.5. The summed E-state index contributed by atoms with van der Waals surface area (Å²) in [6, 6.07) is 31.6. The van der Waals surface area contributed by atoms with Gasteiger partial charge in [0.2, 0.25) is 0 Å². The molecule has 3 aliphatic rings. The lowest BCUT2D eigenvalue weighted by atomic mass is 10.1. The van der Waals surface area contributed by atoms with Gasteiger partial charge in [-0.1, -0.05) is 34.1 Å². The van der Waals surface area contributed by atoms with Gasteiger partial charge < -0.3 is 61.7 Å². The molecule has 0 amide bonds. The van der Waals surface area contributed by atoms with Gasteiger partial charge in [-0.15, -0.1) is 0 Å². The van der Waals surface area contributed by atoms with Crippen LogP contribution < -0.4 is 35.8 Å². The van der Waals surface area contributed by atoms with Crippen LogP contribution in [0, 0.1) is 0 Å². The standard InChI is InChI=1S/C22H24O5.C18H16O5.C17H16O4.C5H10O2.CH4/c1-2-3-11-25-15-6-9-19-18-8-7-16(26-17-5-4-10-24-14-17)12-20(18)22(23)27-21(19)13-15;19-11-3-5-15-14-6-4-12(22-13-2-1-7-21-10-13)9-16(14)18(20)23-17(15)8-11;1-2-3-8-20-12-5-7-14-13-6-4-11(18)9-15(13)17(19)21-16(14)10-12;6-5-2-1-3-7-4-5;/h6-9,12-13,17H,2-5,10-11,14H2,1H3;3-6,8-9,13,19H,1-2,7,10H2;4-7,9-10,18H,2-3,8H2,1H3;5-6H,1-4H2;1H4. The average molecular weight is 1080 g/mol. The summed E-state index contributed by atoms with van der Waals surface area (Å²) in [5.41, 5.74) is 0.135. The SMILES string of the molecule is C.CCCCOc1ccc2c(c1)oc(=O)c1cc(O)ccc12.CCCCOc1ccc2c(c1)oc(=O)c1cc(OC3CCCOC3)ccc12.O=c1oc2cc(O)ccc2c2ccc(OC3CCCOC3)cc12.OC1CCCOC1. The lowest BCUT2D eigenvalue weighted by Gasteiger charge is -2.23. The summed E-state index contributed by atoms with van der Waals surface area (Å²) in [5, 5.41) is 34.1. The second kappa shape index (κ2) is 27.8. The van der Waals surface area contributed by atoms with Crippen LogP contribution in [0.4, 0.5) is 0 Å². The highest BCUT2D eigenvalue weighted by molar-refractivity contribution is 6.06. The highest BCUT2D eigenvalue weighted by Gasteiger charge is 2.19. The molecule has 6 heterocycles. The molecule has 9 aromatic rings. The molecule has 3 saturated heterocycles. The first-order chi connectivity index (χ1) is 38.0. The number of hydrogen-bond donors (Lipinski definition) is 3. The minimum absolute atomic E-state index is 0. The van der Waals surface area contributed by atoms with E-state index in [1.807, 2.05) is 48.5 Å². The lowest BCUT2D eigenvalue weighted by Crippen LogP contribution is -2.28. The molecule has 79 heavy (non-hydrogen) atoms. The van der Waals surface area contributed by atoms with Crippen LogP contribution in [0.5, 0.6) is 34.5 Å². The maximum atomic E-state index is 12.5. The summed E-state index contributed by atoms with van der Waals surface area (Å²) < 4.78 is 55.2. The summed E-state index contributed by atoms with van der Waals surface area (Å²) in [5.74, 6) is 2.83. The quantitative estimate of drug-likeness (QED) is 0.0589. The van der Waals surface area contributed by atoms with E-state index in [-0.39, 0.29) is 42.9 Å². The number of aliphatic hydroxyl groups is 1. The number of unbranched alkanes of at least 4 members (excludes halogenated alkanes) is 2. The minimum Gasteiger partial charge on any atom is -0.508 e. The van der Waals surface area contributed by atoms with E-state index in [9.17, 15) is 24.6 Å². The number of fused-ring (bicyclic) bond motifs is 9. The van der Waals surface area contributed by atoms with Gasteiger partial charge in [-0.05, 0) is 142 Å². The van der Waals surface area contributed by atoms with Crippen LogP contribution in [0.1, 0.15) is 85.5 Å². The predicted molar refractivity (Wildman–Crippen MR) is 306 cm³/mol. The van der Waals surface area contributed by atoms with Crippen LogP contribution in [-0.2, 0) is 14.2 Å². The fourth-order valence-corrected chi connectivity index (χ4v) is 9.40. The Morgan fingerprint density at radius 1 is 0.443 bits per heavy atom. The van der Waals surface area contributed by atoms with Crippen molar-refractivity contribution >= 4 is 65.2 Å². The largest absolute Gasteiger partial charge is 0.508 e. The number of hydrogen-bond acceptors (Lipinski definition) is 16. The van der Waals surface area contributed by atoms with Crippen molar-refractivity contribution in [2.75, 3.05) is 52.9 Å². The molecule has 0 saturated carbocycles. The first-order valence-electron chi connectivity index (χ1n) is 26.9.